The molecule has 2 rings (SSSR count). The minimum atomic E-state index is -2.33. The van der Waals surface area contributed by atoms with E-state index < -0.39 is 115 Å². The van der Waals surface area contributed by atoms with Gasteiger partial charge in [0.05, 0.1) is 0 Å². The molecule has 0 aliphatic carbocycles. The molecule has 1 N–H and O–H groups in total. The lowest BCUT2D eigenvalue weighted by molar-refractivity contribution is -0.347. The van der Waals surface area contributed by atoms with Gasteiger partial charge in [-0.3, -0.25) is 9.59 Å². The quantitative estimate of drug-likeness (QED) is 0.165. The molecule has 0 aromatic carbocycles. The minimum absolute atomic E-state index is 0.0947. The second-order valence-electron chi connectivity index (χ2n) is 17.8. The van der Waals surface area contributed by atoms with Gasteiger partial charge < -0.3 is 50.9 Å². The number of carbonyl (C=O) groups is 2. The van der Waals surface area contributed by atoms with Crippen LogP contribution in [-0.4, -0.2) is 133 Å². The highest BCUT2D eigenvalue weighted by Crippen LogP contribution is 2.38. The van der Waals surface area contributed by atoms with Crippen molar-refractivity contribution in [2.24, 2.45) is 0 Å². The Morgan fingerprint density at radius 3 is 1.20 bits per heavy atom. The first kappa shape index (κ1) is 44.8. The number of rotatable bonds is 16. The van der Waals surface area contributed by atoms with E-state index in [1.807, 2.05) is 39.3 Å². The van der Waals surface area contributed by atoms with Crippen LogP contribution in [0.5, 0.6) is 0 Å². The fraction of sp³-hybridized carbons (Fsp3) is 0.935. The molecule has 18 heteroatoms. The van der Waals surface area contributed by atoms with E-state index in [4.69, 9.17) is 45.8 Å². The van der Waals surface area contributed by atoms with E-state index in [1.165, 1.54) is 13.8 Å². The molecule has 0 unspecified atom stereocenters. The molecule has 0 aromatic heterocycles. The van der Waals surface area contributed by atoms with Gasteiger partial charge in [-0.05, 0) is 98.2 Å². The maximum absolute atomic E-state index is 12.1. The van der Waals surface area contributed by atoms with Crippen molar-refractivity contribution in [1.29, 1.82) is 0 Å². The topological polar surface area (TPSA) is 147 Å². The van der Waals surface area contributed by atoms with Crippen LogP contribution in [-0.2, 0) is 55.4 Å². The second-order valence-corrected chi connectivity index (χ2v) is 40.1. The predicted molar refractivity (Wildman–Crippen MR) is 199 cm³/mol. The molecule has 49 heavy (non-hydrogen) atoms. The molecular weight excluding hydrogens is 721 g/mol. The van der Waals surface area contributed by atoms with Gasteiger partial charge in [0.1, 0.15) is 62.0 Å². The highest BCUT2D eigenvalue weighted by Gasteiger charge is 2.56. The van der Waals surface area contributed by atoms with Crippen molar-refractivity contribution in [1.82, 2.24) is 0 Å². The summed E-state index contributed by atoms with van der Waals surface area (Å²) in [7, 11) is -11.4. The van der Waals surface area contributed by atoms with Crippen LogP contribution < -0.4 is 0 Å². The Bertz CT molecular complexity index is 1080. The van der Waals surface area contributed by atoms with Gasteiger partial charge in [-0.1, -0.05) is 0 Å². The molecule has 0 spiro atoms. The molecule has 2 saturated heterocycles. The van der Waals surface area contributed by atoms with Crippen LogP contribution in [0.3, 0.4) is 0 Å². The number of esters is 2. The first-order valence-electron chi connectivity index (χ1n) is 17.2. The summed E-state index contributed by atoms with van der Waals surface area (Å²) in [6, 6.07) is 0. The number of ether oxygens (including phenoxy) is 5. The molecule has 0 bridgehead atoms. The van der Waals surface area contributed by atoms with E-state index in [0.717, 1.165) is 0 Å². The van der Waals surface area contributed by atoms with Gasteiger partial charge in [0.25, 0.3) is 0 Å². The van der Waals surface area contributed by atoms with Gasteiger partial charge in [-0.25, -0.2) is 0 Å². The molecule has 0 aromatic rings. The lowest BCUT2D eigenvalue weighted by Gasteiger charge is -2.53. The van der Waals surface area contributed by atoms with E-state index >= 15 is 0 Å². The Kier molecular flexibility index (Phi) is 15.7. The van der Waals surface area contributed by atoms with Gasteiger partial charge in [-0.2, -0.15) is 0 Å². The van der Waals surface area contributed by atoms with Gasteiger partial charge in [-0.15, -0.1) is 0 Å². The smallest absolute Gasteiger partial charge is 0.302 e. The largest absolute Gasteiger partial charge is 0.463 e. The summed E-state index contributed by atoms with van der Waals surface area (Å²) in [4.78, 5) is 24.1. The van der Waals surface area contributed by atoms with Crippen molar-refractivity contribution in [3.05, 3.63) is 0 Å². The average molecular weight is 787 g/mol. The van der Waals surface area contributed by atoms with Crippen LogP contribution >= 0.6 is 0 Å². The maximum Gasteiger partial charge on any atom is 0.302 e. The van der Waals surface area contributed by atoms with Crippen LogP contribution in [0.4, 0.5) is 0 Å². The average Bonchev–Trinajstić information content (AvgIpc) is 2.85. The molecule has 288 valence electrons. The summed E-state index contributed by atoms with van der Waals surface area (Å²) < 4.78 is 64.7. The van der Waals surface area contributed by atoms with Gasteiger partial charge in [0.15, 0.2) is 54.2 Å². The molecule has 0 saturated carbocycles. The van der Waals surface area contributed by atoms with Crippen LogP contribution in [0.2, 0.25) is 98.2 Å². The van der Waals surface area contributed by atoms with Crippen molar-refractivity contribution in [3.63, 3.8) is 0 Å². The third kappa shape index (κ3) is 16.1. The summed E-state index contributed by atoms with van der Waals surface area (Å²) >= 11 is 0. The van der Waals surface area contributed by atoms with Crippen LogP contribution in [0.1, 0.15) is 13.8 Å². The summed E-state index contributed by atoms with van der Waals surface area (Å²) in [6.45, 7) is 33.3. The molecule has 13 nitrogen and oxygen atoms in total. The maximum atomic E-state index is 12.1. The van der Waals surface area contributed by atoms with Crippen LogP contribution in [0, 0.1) is 0 Å². The van der Waals surface area contributed by atoms with Crippen LogP contribution in [0.25, 0.3) is 0 Å². The highest BCUT2D eigenvalue weighted by molar-refractivity contribution is 6.71. The summed E-state index contributed by atoms with van der Waals surface area (Å²) in [6.07, 6.45) is -8.86. The molecule has 10 atom stereocenters. The number of hydrogen-bond acceptors (Lipinski definition) is 13. The van der Waals surface area contributed by atoms with Gasteiger partial charge in [0.2, 0.25) is 0 Å². The standard InChI is InChI=1S/C31H66O13Si5/c1-20(32)35-18-22-24(26(41-46(6,7)8)28(30(34)37-22)43-48(12,13)14)39-31-29(44-49(15,16)17)27(42-47(9,10)11)25(40-45(3,4)5)23(38-31)19-36-21(2)33/h22-31,34H,18-19H2,1-17H3/t22-,23-,24-,25+,26+,27+,28-,29-,30+,31+/m1/s1. The molecular formula is C31H66O13Si5. The van der Waals surface area contributed by atoms with E-state index in [-0.39, 0.29) is 13.2 Å². The normalized spacial score (nSPS) is 32.1. The zero-order valence-corrected chi connectivity index (χ0v) is 38.0. The van der Waals surface area contributed by atoms with Crippen molar-refractivity contribution < 1.29 is 60.5 Å². The molecule has 2 heterocycles. The monoisotopic (exact) mass is 786 g/mol. The van der Waals surface area contributed by atoms with E-state index in [1.54, 1.807) is 0 Å². The summed E-state index contributed by atoms with van der Waals surface area (Å²) in [5.41, 5.74) is 0. The molecule has 0 radical (unpaired) electrons. The van der Waals surface area contributed by atoms with Crippen LogP contribution in [0.15, 0.2) is 0 Å². The highest BCUT2D eigenvalue weighted by atomic mass is 28.4. The number of carbonyl (C=O) groups excluding carboxylic acids is 2. The third-order valence-electron chi connectivity index (χ3n) is 6.84. The predicted octanol–water partition coefficient (Wildman–Crippen LogP) is 5.04. The first-order valence-corrected chi connectivity index (χ1v) is 34.3. The molecule has 2 aliphatic rings. The Labute approximate surface area is 299 Å². The van der Waals surface area contributed by atoms with Crippen molar-refractivity contribution in [3.8, 4) is 0 Å². The van der Waals surface area contributed by atoms with Crippen molar-refractivity contribution >= 4 is 53.5 Å². The Balaban J connectivity index is 2.80. The third-order valence-corrected chi connectivity index (χ3v) is 11.7. The van der Waals surface area contributed by atoms with Gasteiger partial charge in [0, 0.05) is 13.8 Å². The SMILES string of the molecule is CC(=O)OC[C@H]1O[C@@H](O[C@H]2[C@H](O[Si](C)(C)C)[C@@H](O[Si](C)(C)C)[C@@H](O)O[C@@H]2COC(C)=O)[C@H](O[Si](C)(C)C)[C@@H](O[Si](C)(C)C)[C@H]1O[Si](C)(C)C. The molecule has 0 amide bonds. The zero-order valence-electron chi connectivity index (χ0n) is 33.0. The van der Waals surface area contributed by atoms with E-state index in [9.17, 15) is 14.7 Å². The van der Waals surface area contributed by atoms with Crippen molar-refractivity contribution in [2.75, 3.05) is 13.2 Å². The Morgan fingerprint density at radius 1 is 0.490 bits per heavy atom. The zero-order chi connectivity index (χ0) is 37.9. The van der Waals surface area contributed by atoms with E-state index in [2.05, 4.69) is 58.9 Å². The Hall–Kier alpha value is -0.336. The van der Waals surface area contributed by atoms with E-state index in [0.29, 0.717) is 0 Å². The fourth-order valence-corrected chi connectivity index (χ4v) is 11.0. The Morgan fingerprint density at radius 2 is 0.816 bits per heavy atom. The molecule has 2 aliphatic heterocycles. The lowest BCUT2D eigenvalue weighted by Crippen LogP contribution is -2.69. The number of hydrogen-bond donors (Lipinski definition) is 1. The first-order chi connectivity index (χ1) is 21.9. The van der Waals surface area contributed by atoms with Crippen molar-refractivity contribution in [2.45, 2.75) is 173 Å². The van der Waals surface area contributed by atoms with Gasteiger partial charge >= 0.3 is 11.9 Å². The summed E-state index contributed by atoms with van der Waals surface area (Å²) in [5, 5.41) is 11.3. The number of aliphatic hydroxyl groups excluding tert-OH is 1. The summed E-state index contributed by atoms with van der Waals surface area (Å²) in [5.74, 6) is -0.966. The fourth-order valence-electron chi connectivity index (χ4n) is 5.57. The molecule has 2 fully saturated rings. The minimum Gasteiger partial charge on any atom is -0.463 e. The second kappa shape index (κ2) is 17.2. The lowest BCUT2D eigenvalue weighted by atomic mass is 9.97. The number of aliphatic hydroxyl groups is 1.